The first-order chi connectivity index (χ1) is 17.1. The van der Waals surface area contributed by atoms with Crippen LogP contribution in [0.15, 0.2) is 60.0 Å². The first-order valence-corrected chi connectivity index (χ1v) is 13.3. The highest BCUT2D eigenvalue weighted by atomic mass is 32.1. The van der Waals surface area contributed by atoms with E-state index in [1.165, 1.54) is 16.9 Å². The highest BCUT2D eigenvalue weighted by Gasteiger charge is 2.29. The molecule has 0 bridgehead atoms. The van der Waals surface area contributed by atoms with Crippen LogP contribution < -0.4 is 15.4 Å². The van der Waals surface area contributed by atoms with Gasteiger partial charge in [0, 0.05) is 23.0 Å². The van der Waals surface area contributed by atoms with E-state index in [4.69, 9.17) is 4.74 Å². The average molecular weight is 492 g/mol. The molecule has 2 N–H and O–H groups in total. The molecule has 1 saturated carbocycles. The van der Waals surface area contributed by atoms with Crippen molar-refractivity contribution >= 4 is 23.2 Å². The van der Waals surface area contributed by atoms with Crippen molar-refractivity contribution in [3.8, 4) is 5.75 Å². The molecule has 3 aromatic rings. The molecule has 2 atom stereocenters. The van der Waals surface area contributed by atoms with Gasteiger partial charge in [-0.15, -0.1) is 11.3 Å². The van der Waals surface area contributed by atoms with E-state index in [2.05, 4.69) is 22.5 Å². The molecule has 7 heteroatoms. The molecule has 6 nitrogen and oxygen atoms in total. The molecule has 35 heavy (non-hydrogen) atoms. The molecular weight excluding hydrogens is 458 g/mol. The number of amides is 2. The Labute approximate surface area is 211 Å². The van der Waals surface area contributed by atoms with Crippen molar-refractivity contribution in [3.05, 3.63) is 81.8 Å². The fourth-order valence-electron chi connectivity index (χ4n) is 4.32. The van der Waals surface area contributed by atoms with Gasteiger partial charge in [0.1, 0.15) is 23.1 Å². The van der Waals surface area contributed by atoms with E-state index in [1.54, 1.807) is 5.38 Å². The first kappa shape index (κ1) is 24.9. The summed E-state index contributed by atoms with van der Waals surface area (Å²) in [6.07, 6.45) is 7.07. The maximum atomic E-state index is 12.9. The molecule has 184 valence electrons. The highest BCUT2D eigenvalue weighted by molar-refractivity contribution is 7.09. The number of para-hydroxylation sites is 1. The van der Waals surface area contributed by atoms with Gasteiger partial charge in [-0.25, -0.2) is 4.98 Å². The number of aromatic nitrogens is 1. The molecule has 1 heterocycles. The van der Waals surface area contributed by atoms with E-state index in [1.807, 2.05) is 54.6 Å². The topological polar surface area (TPSA) is 80.3 Å². The molecule has 0 radical (unpaired) electrons. The van der Waals surface area contributed by atoms with Crippen LogP contribution >= 0.6 is 11.3 Å². The quantitative estimate of drug-likeness (QED) is 0.390. The molecular formula is C28H33N3O3S. The molecule has 0 spiro atoms. The summed E-state index contributed by atoms with van der Waals surface area (Å²) in [7, 11) is 0. The molecule has 1 fully saturated rings. The Balaban J connectivity index is 1.31. The minimum atomic E-state index is -0.210. The standard InChI is InChI=1S/C28H33N3O3S/c1-2-3-9-20-14-16-21(17-15-20)27(32)30-23-12-7-8-13-24(23)31-28(33)25-19-35-26(29-25)18-34-22-10-5-4-6-11-22/h4-6,10-11,14-17,19,23-24H,2-3,7-9,12-13,18H2,1H3,(H,30,32)(H,31,33)/t23-,24-/m1/s1. The Morgan fingerprint density at radius 2 is 1.66 bits per heavy atom. The van der Waals surface area contributed by atoms with E-state index < -0.39 is 0 Å². The summed E-state index contributed by atoms with van der Waals surface area (Å²) in [6.45, 7) is 2.50. The van der Waals surface area contributed by atoms with Gasteiger partial charge in [-0.3, -0.25) is 9.59 Å². The number of hydrogen-bond donors (Lipinski definition) is 2. The van der Waals surface area contributed by atoms with Gasteiger partial charge in [-0.2, -0.15) is 0 Å². The van der Waals surface area contributed by atoms with Crippen LogP contribution in [0, 0.1) is 0 Å². The second kappa shape index (κ2) is 12.5. The highest BCUT2D eigenvalue weighted by Crippen LogP contribution is 2.21. The van der Waals surface area contributed by atoms with Crippen molar-refractivity contribution in [2.75, 3.05) is 0 Å². The summed E-state index contributed by atoms with van der Waals surface area (Å²) in [5.41, 5.74) is 2.30. The van der Waals surface area contributed by atoms with Crippen LogP contribution in [0.4, 0.5) is 0 Å². The Morgan fingerprint density at radius 3 is 2.34 bits per heavy atom. The average Bonchev–Trinajstić information content (AvgIpc) is 3.37. The smallest absolute Gasteiger partial charge is 0.271 e. The lowest BCUT2D eigenvalue weighted by atomic mass is 9.90. The zero-order valence-electron chi connectivity index (χ0n) is 20.2. The van der Waals surface area contributed by atoms with Gasteiger partial charge in [-0.1, -0.05) is 56.5 Å². The third-order valence-corrected chi connectivity index (χ3v) is 7.15. The predicted octanol–water partition coefficient (Wildman–Crippen LogP) is 5.54. The number of hydrogen-bond acceptors (Lipinski definition) is 5. The number of rotatable bonds is 10. The van der Waals surface area contributed by atoms with Crippen molar-refractivity contribution < 1.29 is 14.3 Å². The summed E-state index contributed by atoms with van der Waals surface area (Å²) >= 11 is 1.41. The third-order valence-electron chi connectivity index (χ3n) is 6.32. The molecule has 1 aliphatic rings. The molecule has 1 aliphatic carbocycles. The van der Waals surface area contributed by atoms with Crippen LogP contribution in [0.1, 0.15) is 76.9 Å². The summed E-state index contributed by atoms with van der Waals surface area (Å²) in [5, 5.41) is 8.77. The lowest BCUT2D eigenvalue weighted by molar-refractivity contribution is 0.0860. The van der Waals surface area contributed by atoms with E-state index >= 15 is 0 Å². The number of benzene rings is 2. The third kappa shape index (κ3) is 7.15. The summed E-state index contributed by atoms with van der Waals surface area (Å²) in [4.78, 5) is 30.2. The predicted molar refractivity (Wildman–Crippen MR) is 139 cm³/mol. The Kier molecular flexibility index (Phi) is 8.90. The number of thiazole rings is 1. The van der Waals surface area contributed by atoms with E-state index in [-0.39, 0.29) is 23.9 Å². The number of unbranched alkanes of at least 4 members (excludes halogenated alkanes) is 1. The fraction of sp³-hybridized carbons (Fsp3) is 0.393. The summed E-state index contributed by atoms with van der Waals surface area (Å²) < 4.78 is 5.73. The first-order valence-electron chi connectivity index (χ1n) is 12.5. The molecule has 0 unspecified atom stereocenters. The van der Waals surface area contributed by atoms with Gasteiger partial charge in [0.15, 0.2) is 0 Å². The number of aryl methyl sites for hydroxylation is 1. The summed E-state index contributed by atoms with van der Waals surface area (Å²) in [6, 6.07) is 17.2. The van der Waals surface area contributed by atoms with Crippen LogP contribution in [0.2, 0.25) is 0 Å². The van der Waals surface area contributed by atoms with Crippen molar-refractivity contribution in [2.45, 2.75) is 70.6 Å². The van der Waals surface area contributed by atoms with Crippen molar-refractivity contribution in [1.29, 1.82) is 0 Å². The zero-order valence-corrected chi connectivity index (χ0v) is 21.0. The molecule has 1 aromatic heterocycles. The van der Waals surface area contributed by atoms with Gasteiger partial charge < -0.3 is 15.4 Å². The molecule has 4 rings (SSSR count). The van der Waals surface area contributed by atoms with Crippen molar-refractivity contribution in [2.24, 2.45) is 0 Å². The van der Waals surface area contributed by atoms with Gasteiger partial charge in [0.2, 0.25) is 0 Å². The second-order valence-electron chi connectivity index (χ2n) is 8.97. The van der Waals surface area contributed by atoms with Gasteiger partial charge in [0.05, 0.1) is 0 Å². The lowest BCUT2D eigenvalue weighted by Crippen LogP contribution is -2.53. The number of carbonyl (C=O) groups excluding carboxylic acids is 2. The number of nitrogens with one attached hydrogen (secondary N) is 2. The maximum absolute atomic E-state index is 12.9. The SMILES string of the molecule is CCCCc1ccc(C(=O)N[C@@H]2CCCC[C@H]2NC(=O)c2csc(COc3ccccc3)n2)cc1. The monoisotopic (exact) mass is 491 g/mol. The molecule has 0 aliphatic heterocycles. The number of nitrogens with zero attached hydrogens (tertiary/aromatic N) is 1. The van der Waals surface area contributed by atoms with Crippen LogP contribution in [0.5, 0.6) is 5.75 Å². The molecule has 2 amide bonds. The van der Waals surface area contributed by atoms with E-state index in [0.29, 0.717) is 17.9 Å². The van der Waals surface area contributed by atoms with Crippen LogP contribution in [0.25, 0.3) is 0 Å². The lowest BCUT2D eigenvalue weighted by Gasteiger charge is -2.32. The van der Waals surface area contributed by atoms with Gasteiger partial charge in [-0.05, 0) is 55.5 Å². The maximum Gasteiger partial charge on any atom is 0.271 e. The summed E-state index contributed by atoms with van der Waals surface area (Å²) in [5.74, 6) is 0.468. The minimum Gasteiger partial charge on any atom is -0.486 e. The normalized spacial score (nSPS) is 17.5. The van der Waals surface area contributed by atoms with E-state index in [9.17, 15) is 9.59 Å². The Bertz CT molecular complexity index is 1100. The van der Waals surface area contributed by atoms with Crippen molar-refractivity contribution in [1.82, 2.24) is 15.6 Å². The zero-order chi connectivity index (χ0) is 24.5. The Hall–Kier alpha value is -3.19. The van der Waals surface area contributed by atoms with Crippen LogP contribution in [0.3, 0.4) is 0 Å². The van der Waals surface area contributed by atoms with Crippen molar-refractivity contribution in [3.63, 3.8) is 0 Å². The number of carbonyl (C=O) groups is 2. The van der Waals surface area contributed by atoms with Crippen LogP contribution in [-0.2, 0) is 13.0 Å². The fourth-order valence-corrected chi connectivity index (χ4v) is 5.00. The number of ether oxygens (including phenoxy) is 1. The molecule has 2 aromatic carbocycles. The van der Waals surface area contributed by atoms with Crippen LogP contribution in [-0.4, -0.2) is 28.9 Å². The minimum absolute atomic E-state index is 0.0906. The van der Waals surface area contributed by atoms with Gasteiger partial charge in [0.25, 0.3) is 11.8 Å². The van der Waals surface area contributed by atoms with Gasteiger partial charge >= 0.3 is 0 Å². The Morgan fingerprint density at radius 1 is 0.971 bits per heavy atom. The largest absolute Gasteiger partial charge is 0.486 e. The molecule has 0 saturated heterocycles. The second-order valence-corrected chi connectivity index (χ2v) is 9.92. The van der Waals surface area contributed by atoms with E-state index in [0.717, 1.165) is 55.7 Å².